The molecule has 0 aliphatic heterocycles. The molecule has 41 heavy (non-hydrogen) atoms. The summed E-state index contributed by atoms with van der Waals surface area (Å²) in [5.41, 5.74) is 0. The van der Waals surface area contributed by atoms with Gasteiger partial charge in [0, 0.05) is 10.6 Å². The molecule has 5 nitrogen and oxygen atoms in total. The van der Waals surface area contributed by atoms with Crippen LogP contribution in [0.4, 0.5) is 87.8 Å². The van der Waals surface area contributed by atoms with Gasteiger partial charge in [0.25, 0.3) is 5.83 Å². The highest BCUT2D eigenvalue weighted by Crippen LogP contribution is 2.47. The number of hydrogen-bond acceptors (Lipinski definition) is 4. The fourth-order valence-electron chi connectivity index (χ4n) is 0.620. The zero-order valence-corrected chi connectivity index (χ0v) is 20.6. The molecule has 0 amide bonds. The van der Waals surface area contributed by atoms with Crippen molar-refractivity contribution in [1.29, 1.82) is 0 Å². The van der Waals surface area contributed by atoms with Crippen molar-refractivity contribution >= 4 is 11.6 Å². The molecule has 0 radical (unpaired) electrons. The number of nitro groups is 1. The van der Waals surface area contributed by atoms with Gasteiger partial charge in [-0.3, -0.25) is 10.1 Å². The molecule has 0 rings (SSSR count). The first-order valence-corrected chi connectivity index (χ1v) is 9.50. The first-order valence-electron chi connectivity index (χ1n) is 9.06. The lowest BCUT2D eigenvalue weighted by atomic mass is 10.3. The third-order valence-electron chi connectivity index (χ3n) is 2.23. The van der Waals surface area contributed by atoms with E-state index in [1.807, 2.05) is 13.8 Å². The van der Waals surface area contributed by atoms with Gasteiger partial charge in [0.1, 0.15) is 4.92 Å². The van der Waals surface area contributed by atoms with Crippen molar-refractivity contribution in [2.24, 2.45) is 5.18 Å². The molecule has 0 saturated heterocycles. The lowest BCUT2D eigenvalue weighted by Gasteiger charge is -2.22. The molecule has 26 heteroatoms. The third kappa shape index (κ3) is 17.2. The largest absolute Gasteiger partial charge is 0.586 e. The van der Waals surface area contributed by atoms with Gasteiger partial charge in [0.15, 0.2) is 0 Å². The van der Waals surface area contributed by atoms with Crippen LogP contribution in [0, 0.1) is 15.0 Å². The first-order chi connectivity index (χ1) is 17.5. The number of nitroso groups, excluding NO2 is 1. The molecule has 0 bridgehead atoms. The molecule has 0 saturated carbocycles. The van der Waals surface area contributed by atoms with Crippen LogP contribution in [0.25, 0.3) is 0 Å². The fourth-order valence-corrected chi connectivity index (χ4v) is 0.620. The van der Waals surface area contributed by atoms with Crippen LogP contribution in [-0.2, 0) is 0 Å². The van der Waals surface area contributed by atoms with Crippen molar-refractivity contribution in [3.05, 3.63) is 26.9 Å². The van der Waals surface area contributed by atoms with E-state index >= 15 is 0 Å². The molecule has 0 heterocycles. The SMILES string of the molecule is CC(C)Cl.CCC.FC(F)=C(F)C(F)(F)F.O=NC(F)(F)C(F)(F)C(F)(F)F.O=[N+]([O-])C(F)(F)C(F)(F)C(F)(F)F. The first kappa shape index (κ1) is 48.4. The molecule has 0 aliphatic carbocycles. The number of halogens is 21. The molecule has 0 atom stereocenters. The zero-order chi connectivity index (χ0) is 35.2. The van der Waals surface area contributed by atoms with Crippen molar-refractivity contribution < 1.29 is 92.7 Å². The molecule has 0 aliphatic rings. The van der Waals surface area contributed by atoms with Gasteiger partial charge in [-0.25, -0.2) is 0 Å². The third-order valence-corrected chi connectivity index (χ3v) is 2.23. The van der Waals surface area contributed by atoms with Crippen LogP contribution in [-0.4, -0.2) is 52.8 Å². The van der Waals surface area contributed by atoms with E-state index in [4.69, 9.17) is 16.5 Å². The summed E-state index contributed by atoms with van der Waals surface area (Å²) in [5.74, 6) is -16.4. The standard InChI is InChI=1S/C3H7Cl.C3F7NO2.C3F7NO.C3F6.C3H8/c1-3(2)4;4-1(5,2(6,7)8)3(9,10)11(12)13;4-1(5,2(6,7)8)3(9,10)11-12;4-1(2(5)6)3(7,8)9;1-3-2/h3H,1-2H3;;;;3H2,1-2H3. The summed E-state index contributed by atoms with van der Waals surface area (Å²) in [6.45, 7) is 8.11. The van der Waals surface area contributed by atoms with Gasteiger partial charge < -0.3 is 0 Å². The maximum absolute atomic E-state index is 11.7. The summed E-state index contributed by atoms with van der Waals surface area (Å²) >= 11 is 5.27. The van der Waals surface area contributed by atoms with E-state index in [1.165, 1.54) is 6.42 Å². The topological polar surface area (TPSA) is 72.6 Å². The quantitative estimate of drug-likeness (QED) is 0.0738. The second-order valence-electron chi connectivity index (χ2n) is 6.37. The molecule has 0 aromatic rings. The van der Waals surface area contributed by atoms with E-state index < -0.39 is 59.3 Å². The van der Waals surface area contributed by atoms with Crippen molar-refractivity contribution in [1.82, 2.24) is 0 Å². The Kier molecular flexibility index (Phi) is 20.7. The summed E-state index contributed by atoms with van der Waals surface area (Å²) in [4.78, 5) is 15.1. The average molecular weight is 687 g/mol. The van der Waals surface area contributed by atoms with Crippen molar-refractivity contribution in [2.75, 3.05) is 0 Å². The van der Waals surface area contributed by atoms with E-state index in [1.54, 1.807) is 0 Å². The molecular weight excluding hydrogens is 672 g/mol. The Morgan fingerprint density at radius 1 is 0.732 bits per heavy atom. The van der Waals surface area contributed by atoms with Gasteiger partial charge in [-0.2, -0.15) is 79.0 Å². The minimum Gasteiger partial charge on any atom is -0.259 e. The van der Waals surface area contributed by atoms with Crippen LogP contribution in [0.2, 0.25) is 0 Å². The fraction of sp³-hybridized carbons (Fsp3) is 0.867. The predicted molar refractivity (Wildman–Crippen MR) is 98.0 cm³/mol. The summed E-state index contributed by atoms with van der Waals surface area (Å²) in [7, 11) is 0. The van der Waals surface area contributed by atoms with Crippen LogP contribution < -0.4 is 0 Å². The Hall–Kier alpha value is -2.37. The molecule has 0 N–H and O–H groups in total. The van der Waals surface area contributed by atoms with Gasteiger partial charge in [0.05, 0.1) is 0 Å². The van der Waals surface area contributed by atoms with E-state index in [-0.39, 0.29) is 0 Å². The Labute approximate surface area is 219 Å². The maximum Gasteiger partial charge on any atom is 0.586 e. The minimum atomic E-state index is -6.68. The van der Waals surface area contributed by atoms with Crippen molar-refractivity contribution in [2.45, 2.75) is 82.0 Å². The predicted octanol–water partition coefficient (Wildman–Crippen LogP) is 10.3. The van der Waals surface area contributed by atoms with Gasteiger partial charge in [0.2, 0.25) is 0 Å². The molecule has 0 aromatic carbocycles. The monoisotopic (exact) mass is 686 g/mol. The van der Waals surface area contributed by atoms with E-state index in [0.29, 0.717) is 10.6 Å². The van der Waals surface area contributed by atoms with Crippen LogP contribution in [0.1, 0.15) is 34.1 Å². The van der Waals surface area contributed by atoms with Crippen molar-refractivity contribution in [3.8, 4) is 0 Å². The van der Waals surface area contributed by atoms with Gasteiger partial charge in [-0.05, 0) is 13.8 Å². The highest BCUT2D eigenvalue weighted by molar-refractivity contribution is 6.20. The molecule has 0 aromatic heterocycles. The maximum atomic E-state index is 11.7. The Balaban J connectivity index is -0.000000143. The van der Waals surface area contributed by atoms with Gasteiger partial charge in [-0.1, -0.05) is 20.3 Å². The Morgan fingerprint density at radius 2 is 0.976 bits per heavy atom. The molecule has 0 unspecified atom stereocenters. The number of allylic oxidation sites excluding steroid dienone is 1. The summed E-state index contributed by atoms with van der Waals surface area (Å²) in [6, 6.07) is -12.3. The lowest BCUT2D eigenvalue weighted by Crippen LogP contribution is -2.56. The Morgan fingerprint density at radius 3 is 1.02 bits per heavy atom. The van der Waals surface area contributed by atoms with Crippen LogP contribution >= 0.6 is 11.6 Å². The minimum absolute atomic E-state index is 0.306. The second kappa shape index (κ2) is 17.6. The normalized spacial score (nSPS) is 12.6. The summed E-state index contributed by atoms with van der Waals surface area (Å²) in [5, 5.41) is 9.90. The number of nitrogens with zero attached hydrogens (tertiary/aromatic N) is 2. The van der Waals surface area contributed by atoms with E-state index in [0.717, 1.165) is 0 Å². The van der Waals surface area contributed by atoms with Crippen LogP contribution in [0.15, 0.2) is 17.1 Å². The summed E-state index contributed by atoms with van der Waals surface area (Å²) < 4.78 is 224. The molecule has 250 valence electrons. The number of hydrogen-bond donors (Lipinski definition) is 0. The van der Waals surface area contributed by atoms with Crippen molar-refractivity contribution in [3.63, 3.8) is 0 Å². The molecule has 0 spiro atoms. The highest BCUT2D eigenvalue weighted by atomic mass is 35.5. The van der Waals surface area contributed by atoms with E-state index in [2.05, 4.69) is 13.8 Å². The Bertz CT molecular complexity index is 798. The second-order valence-corrected chi connectivity index (χ2v) is 7.24. The number of rotatable bonds is 4. The van der Waals surface area contributed by atoms with Gasteiger partial charge >= 0.3 is 48.5 Å². The zero-order valence-electron chi connectivity index (χ0n) is 19.8. The smallest absolute Gasteiger partial charge is 0.259 e. The molecular formula is C15H15ClF20N2O3. The van der Waals surface area contributed by atoms with Crippen LogP contribution in [0.3, 0.4) is 0 Å². The van der Waals surface area contributed by atoms with Crippen LogP contribution in [0.5, 0.6) is 0 Å². The number of alkyl halides is 18. The summed E-state index contributed by atoms with van der Waals surface area (Å²) in [6.07, 6.45) is -20.8. The lowest BCUT2D eigenvalue weighted by molar-refractivity contribution is -0.687. The van der Waals surface area contributed by atoms with E-state index in [9.17, 15) is 97.9 Å². The average Bonchev–Trinajstić information content (AvgIpc) is 2.71. The highest BCUT2D eigenvalue weighted by Gasteiger charge is 2.82. The van der Waals surface area contributed by atoms with Gasteiger partial charge in [-0.15, -0.1) is 25.3 Å². The molecule has 0 fully saturated rings.